The fourth-order valence-electron chi connectivity index (χ4n) is 2.78. The Morgan fingerprint density at radius 1 is 1.12 bits per heavy atom. The molecule has 6 N–H and O–H groups in total. The number of rotatable bonds is 9. The van der Waals surface area contributed by atoms with Crippen LogP contribution in [0.1, 0.15) is 31.7 Å². The molecule has 0 spiro atoms. The molecule has 0 saturated heterocycles. The summed E-state index contributed by atoms with van der Waals surface area (Å²) >= 11 is 0. The number of benzene rings is 2. The van der Waals surface area contributed by atoms with Crippen molar-refractivity contribution in [1.82, 2.24) is 0 Å². The van der Waals surface area contributed by atoms with Gasteiger partial charge in [0.2, 0.25) is 10.0 Å². The van der Waals surface area contributed by atoms with Crippen LogP contribution in [-0.2, 0) is 16.4 Å². The zero-order valence-electron chi connectivity index (χ0n) is 15.0. The Morgan fingerprint density at radius 3 is 2.54 bits per heavy atom. The normalized spacial score (nSPS) is 11.5. The molecule has 0 heterocycles. The molecule has 2 rings (SSSR count). The highest BCUT2D eigenvalue weighted by Gasteiger charge is 2.17. The highest BCUT2D eigenvalue weighted by atomic mass is 32.2. The maximum atomic E-state index is 12.1. The summed E-state index contributed by atoms with van der Waals surface area (Å²) in [6, 6.07) is 10.2. The summed E-state index contributed by atoms with van der Waals surface area (Å²) in [5.74, 6) is 0.0640. The van der Waals surface area contributed by atoms with Gasteiger partial charge in [-0.3, -0.25) is 0 Å². The van der Waals surface area contributed by atoms with E-state index in [0.29, 0.717) is 24.1 Å². The van der Waals surface area contributed by atoms with E-state index in [9.17, 15) is 13.5 Å². The summed E-state index contributed by atoms with van der Waals surface area (Å²) in [5, 5.41) is 18.7. The lowest BCUT2D eigenvalue weighted by Gasteiger charge is -2.13. The Labute approximate surface area is 155 Å². The molecule has 0 radical (unpaired) electrons. The van der Waals surface area contributed by atoms with Crippen LogP contribution in [0, 0.1) is 0 Å². The number of hydrogen-bond donors (Lipinski definition) is 4. The molecule has 26 heavy (non-hydrogen) atoms. The molecule has 0 unspecified atom stereocenters. The standard InChI is InChI=1S/C19H27N3O3S/c1-2-3-9-22-16-11-15(12-17(23)13-16)18-7-6-14(5-4-8-20)10-19(18)26(21,24)25/h6-7,10-13,22-23H,2-5,8-9,20H2,1H3,(H2,21,24,25). The minimum absolute atomic E-state index is 0.0529. The van der Waals surface area contributed by atoms with Crippen molar-refractivity contribution in [2.45, 2.75) is 37.5 Å². The zero-order chi connectivity index (χ0) is 19.2. The third kappa shape index (κ3) is 5.45. The first-order valence-corrected chi connectivity index (χ1v) is 10.3. The van der Waals surface area contributed by atoms with Crippen LogP contribution in [0.15, 0.2) is 41.3 Å². The molecule has 0 saturated carbocycles. The van der Waals surface area contributed by atoms with Crippen molar-refractivity contribution in [1.29, 1.82) is 0 Å². The number of aromatic hydroxyl groups is 1. The minimum atomic E-state index is -3.91. The number of nitrogens with one attached hydrogen (secondary N) is 1. The minimum Gasteiger partial charge on any atom is -0.508 e. The summed E-state index contributed by atoms with van der Waals surface area (Å²) in [7, 11) is -3.91. The molecule has 0 atom stereocenters. The van der Waals surface area contributed by atoms with Gasteiger partial charge < -0.3 is 16.2 Å². The molecule has 2 aromatic rings. The molecule has 7 heteroatoms. The van der Waals surface area contributed by atoms with Gasteiger partial charge in [-0.1, -0.05) is 25.5 Å². The number of unbranched alkanes of at least 4 members (excludes halogenated alkanes) is 1. The maximum Gasteiger partial charge on any atom is 0.238 e. The molecule has 0 aromatic heterocycles. The van der Waals surface area contributed by atoms with E-state index in [1.165, 1.54) is 6.07 Å². The molecule has 142 valence electrons. The molecule has 2 aromatic carbocycles. The SMILES string of the molecule is CCCCNc1cc(O)cc(-c2ccc(CCCN)cc2S(N)(=O)=O)c1. The molecule has 0 bridgehead atoms. The predicted molar refractivity (Wildman–Crippen MR) is 106 cm³/mol. The number of primary sulfonamides is 1. The first-order valence-electron chi connectivity index (χ1n) is 8.79. The van der Waals surface area contributed by atoms with E-state index in [-0.39, 0.29) is 10.6 Å². The van der Waals surface area contributed by atoms with Gasteiger partial charge in [0, 0.05) is 23.9 Å². The van der Waals surface area contributed by atoms with Crippen LogP contribution in [0.25, 0.3) is 11.1 Å². The first-order chi connectivity index (χ1) is 12.3. The van der Waals surface area contributed by atoms with E-state index < -0.39 is 10.0 Å². The van der Waals surface area contributed by atoms with Crippen molar-refractivity contribution in [3.63, 3.8) is 0 Å². The summed E-state index contributed by atoms with van der Waals surface area (Å²) in [6.07, 6.45) is 3.51. The number of phenols is 1. The second-order valence-corrected chi connectivity index (χ2v) is 7.85. The Hall–Kier alpha value is -2.09. The van der Waals surface area contributed by atoms with Gasteiger partial charge in [0.25, 0.3) is 0 Å². The van der Waals surface area contributed by atoms with Crippen LogP contribution < -0.4 is 16.2 Å². The Kier molecular flexibility index (Phi) is 7.02. The Morgan fingerprint density at radius 2 is 1.88 bits per heavy atom. The fourth-order valence-corrected chi connectivity index (χ4v) is 3.59. The van der Waals surface area contributed by atoms with Crippen LogP contribution in [0.5, 0.6) is 5.75 Å². The first kappa shape index (κ1) is 20.2. The van der Waals surface area contributed by atoms with Gasteiger partial charge in [-0.2, -0.15) is 0 Å². The number of phenolic OH excluding ortho intramolecular Hbond substituents is 1. The average Bonchev–Trinajstić information content (AvgIpc) is 2.59. The van der Waals surface area contributed by atoms with Gasteiger partial charge in [0.05, 0.1) is 4.90 Å². The van der Waals surface area contributed by atoms with E-state index in [1.807, 2.05) is 12.1 Å². The van der Waals surface area contributed by atoms with E-state index in [2.05, 4.69) is 12.2 Å². The smallest absolute Gasteiger partial charge is 0.238 e. The van der Waals surface area contributed by atoms with E-state index in [0.717, 1.165) is 37.1 Å². The molecular formula is C19H27N3O3S. The fraction of sp³-hybridized carbons (Fsp3) is 0.368. The predicted octanol–water partition coefficient (Wildman–Crippen LogP) is 2.81. The van der Waals surface area contributed by atoms with Gasteiger partial charge in [-0.05, 0) is 55.1 Å². The average molecular weight is 378 g/mol. The maximum absolute atomic E-state index is 12.1. The van der Waals surface area contributed by atoms with Gasteiger partial charge >= 0.3 is 0 Å². The highest BCUT2D eigenvalue weighted by molar-refractivity contribution is 7.89. The number of anilines is 1. The van der Waals surface area contributed by atoms with Crippen molar-refractivity contribution < 1.29 is 13.5 Å². The van der Waals surface area contributed by atoms with Crippen LogP contribution in [0.4, 0.5) is 5.69 Å². The summed E-state index contributed by atoms with van der Waals surface area (Å²) < 4.78 is 24.2. The van der Waals surface area contributed by atoms with Crippen LogP contribution in [0.2, 0.25) is 0 Å². The van der Waals surface area contributed by atoms with Crippen molar-refractivity contribution in [3.05, 3.63) is 42.0 Å². The number of nitrogens with two attached hydrogens (primary N) is 2. The highest BCUT2D eigenvalue weighted by Crippen LogP contribution is 2.33. The van der Waals surface area contributed by atoms with Gasteiger partial charge in [0.1, 0.15) is 5.75 Å². The molecule has 0 aliphatic rings. The van der Waals surface area contributed by atoms with Crippen molar-refractivity contribution in [2.24, 2.45) is 10.9 Å². The molecule has 0 amide bonds. The topological polar surface area (TPSA) is 118 Å². The monoisotopic (exact) mass is 377 g/mol. The Bertz CT molecular complexity index is 851. The van der Waals surface area contributed by atoms with E-state index in [4.69, 9.17) is 10.9 Å². The lowest BCUT2D eigenvalue weighted by molar-refractivity contribution is 0.476. The van der Waals surface area contributed by atoms with E-state index >= 15 is 0 Å². The van der Waals surface area contributed by atoms with Crippen molar-refractivity contribution >= 4 is 15.7 Å². The van der Waals surface area contributed by atoms with Gasteiger partial charge in [-0.25, -0.2) is 13.6 Å². The van der Waals surface area contributed by atoms with Gasteiger partial charge in [0.15, 0.2) is 0 Å². The van der Waals surface area contributed by atoms with E-state index in [1.54, 1.807) is 18.2 Å². The zero-order valence-corrected chi connectivity index (χ0v) is 15.8. The van der Waals surface area contributed by atoms with Crippen LogP contribution in [0.3, 0.4) is 0 Å². The third-order valence-corrected chi connectivity index (χ3v) is 5.06. The second kappa shape index (κ2) is 9.02. The van der Waals surface area contributed by atoms with Crippen molar-refractivity contribution in [2.75, 3.05) is 18.4 Å². The second-order valence-electron chi connectivity index (χ2n) is 6.32. The van der Waals surface area contributed by atoms with Crippen molar-refractivity contribution in [3.8, 4) is 16.9 Å². The lowest BCUT2D eigenvalue weighted by atomic mass is 10.0. The summed E-state index contributed by atoms with van der Waals surface area (Å²) in [6.45, 7) is 3.41. The summed E-state index contributed by atoms with van der Waals surface area (Å²) in [4.78, 5) is 0.0529. The molecular weight excluding hydrogens is 350 g/mol. The summed E-state index contributed by atoms with van der Waals surface area (Å²) in [5.41, 5.74) is 8.20. The number of hydrogen-bond acceptors (Lipinski definition) is 5. The number of aryl methyl sites for hydroxylation is 1. The number of sulfonamides is 1. The molecule has 0 aliphatic carbocycles. The van der Waals surface area contributed by atoms with Gasteiger partial charge in [-0.15, -0.1) is 0 Å². The largest absolute Gasteiger partial charge is 0.508 e. The van der Waals surface area contributed by atoms with Crippen LogP contribution >= 0.6 is 0 Å². The molecule has 0 aliphatic heterocycles. The molecule has 6 nitrogen and oxygen atoms in total. The molecule has 0 fully saturated rings. The van der Waals surface area contributed by atoms with Crippen LogP contribution in [-0.4, -0.2) is 26.6 Å². The Balaban J connectivity index is 2.46. The quantitative estimate of drug-likeness (QED) is 0.501. The lowest BCUT2D eigenvalue weighted by Crippen LogP contribution is -2.14. The third-order valence-electron chi connectivity index (χ3n) is 4.11.